The zero-order valence-electron chi connectivity index (χ0n) is 7.63. The van der Waals surface area contributed by atoms with Crippen LogP contribution < -0.4 is 5.32 Å². The third-order valence-corrected chi connectivity index (χ3v) is 3.15. The summed E-state index contributed by atoms with van der Waals surface area (Å²) in [5, 5.41) is 8.18. The quantitative estimate of drug-likeness (QED) is 0.679. The highest BCUT2D eigenvalue weighted by Gasteiger charge is 2.19. The van der Waals surface area contributed by atoms with Crippen LogP contribution in [0.2, 0.25) is 0 Å². The Morgan fingerprint density at radius 3 is 3.15 bits per heavy atom. The van der Waals surface area contributed by atoms with Gasteiger partial charge in [-0.2, -0.15) is 5.10 Å². The SMILES string of the molecule is Cc1nn(C)c2c1NC(=O)CCS2. The minimum Gasteiger partial charge on any atom is -0.322 e. The maximum atomic E-state index is 11.2. The van der Waals surface area contributed by atoms with Crippen molar-refractivity contribution < 1.29 is 4.79 Å². The summed E-state index contributed by atoms with van der Waals surface area (Å²) in [6.07, 6.45) is 0.582. The molecule has 13 heavy (non-hydrogen) atoms. The van der Waals surface area contributed by atoms with Gasteiger partial charge in [0.25, 0.3) is 0 Å². The molecule has 1 aromatic rings. The molecule has 0 atom stereocenters. The molecule has 0 bridgehead atoms. The lowest BCUT2D eigenvalue weighted by molar-refractivity contribution is -0.115. The number of rotatable bonds is 0. The fourth-order valence-corrected chi connectivity index (χ4v) is 2.44. The van der Waals surface area contributed by atoms with Gasteiger partial charge in [-0.05, 0) is 6.92 Å². The minimum atomic E-state index is 0.0855. The molecule has 2 heterocycles. The highest BCUT2D eigenvalue weighted by atomic mass is 32.2. The Balaban J connectivity index is 2.47. The molecule has 0 radical (unpaired) electrons. The van der Waals surface area contributed by atoms with Gasteiger partial charge in [-0.25, -0.2) is 0 Å². The Morgan fingerprint density at radius 1 is 1.62 bits per heavy atom. The number of amides is 1. The maximum absolute atomic E-state index is 11.2. The van der Waals surface area contributed by atoms with Gasteiger partial charge >= 0.3 is 0 Å². The number of nitrogens with zero attached hydrogens (tertiary/aromatic N) is 2. The molecule has 0 aromatic carbocycles. The van der Waals surface area contributed by atoms with E-state index >= 15 is 0 Å². The van der Waals surface area contributed by atoms with Crippen molar-refractivity contribution in [3.05, 3.63) is 5.69 Å². The van der Waals surface area contributed by atoms with E-state index in [1.807, 2.05) is 18.7 Å². The van der Waals surface area contributed by atoms with Crippen molar-refractivity contribution in [1.29, 1.82) is 0 Å². The number of thioether (sulfide) groups is 1. The minimum absolute atomic E-state index is 0.0855. The predicted molar refractivity (Wildman–Crippen MR) is 51.9 cm³/mol. The number of hydrogen-bond acceptors (Lipinski definition) is 3. The summed E-state index contributed by atoms with van der Waals surface area (Å²) in [7, 11) is 1.90. The largest absolute Gasteiger partial charge is 0.322 e. The van der Waals surface area contributed by atoms with Gasteiger partial charge < -0.3 is 5.32 Å². The lowest BCUT2D eigenvalue weighted by atomic mass is 10.3. The fourth-order valence-electron chi connectivity index (χ4n) is 1.39. The van der Waals surface area contributed by atoms with E-state index in [0.29, 0.717) is 6.42 Å². The first-order valence-electron chi connectivity index (χ1n) is 4.14. The van der Waals surface area contributed by atoms with Gasteiger partial charge in [-0.3, -0.25) is 9.48 Å². The topological polar surface area (TPSA) is 46.9 Å². The summed E-state index contributed by atoms with van der Waals surface area (Å²) in [5.74, 6) is 0.917. The number of nitrogens with one attached hydrogen (secondary N) is 1. The van der Waals surface area contributed by atoms with Gasteiger partial charge in [-0.1, -0.05) is 0 Å². The molecule has 0 aliphatic carbocycles. The average Bonchev–Trinajstić information content (AvgIpc) is 2.28. The number of aryl methyl sites for hydroxylation is 2. The van der Waals surface area contributed by atoms with E-state index in [1.54, 1.807) is 11.8 Å². The second-order valence-electron chi connectivity index (χ2n) is 3.04. The summed E-state index contributed by atoms with van der Waals surface area (Å²) in [4.78, 5) is 11.2. The average molecular weight is 197 g/mol. The number of carbonyl (C=O) groups excluding carboxylic acids is 1. The summed E-state index contributed by atoms with van der Waals surface area (Å²) in [6, 6.07) is 0. The summed E-state index contributed by atoms with van der Waals surface area (Å²) in [5.41, 5.74) is 1.77. The van der Waals surface area contributed by atoms with Crippen LogP contribution in [0, 0.1) is 6.92 Å². The molecular weight excluding hydrogens is 186 g/mol. The van der Waals surface area contributed by atoms with Gasteiger partial charge in [0.15, 0.2) is 0 Å². The zero-order valence-corrected chi connectivity index (χ0v) is 8.44. The first kappa shape index (κ1) is 8.62. The Hall–Kier alpha value is -0.970. The Bertz CT molecular complexity index is 359. The molecule has 1 aliphatic heterocycles. The van der Waals surface area contributed by atoms with E-state index in [9.17, 15) is 4.79 Å². The third-order valence-electron chi connectivity index (χ3n) is 2.00. The van der Waals surface area contributed by atoms with Crippen molar-refractivity contribution in [2.24, 2.45) is 7.05 Å². The van der Waals surface area contributed by atoms with Crippen molar-refractivity contribution in [3.8, 4) is 0 Å². The van der Waals surface area contributed by atoms with Gasteiger partial charge in [-0.15, -0.1) is 11.8 Å². The molecule has 0 saturated heterocycles. The zero-order chi connectivity index (χ0) is 9.42. The summed E-state index contributed by atoms with van der Waals surface area (Å²) < 4.78 is 1.82. The van der Waals surface area contributed by atoms with E-state index in [1.165, 1.54) is 0 Å². The van der Waals surface area contributed by atoms with E-state index in [2.05, 4.69) is 10.4 Å². The van der Waals surface area contributed by atoms with E-state index in [4.69, 9.17) is 0 Å². The Labute approximate surface area is 80.7 Å². The van der Waals surface area contributed by atoms with Crippen LogP contribution in [0.1, 0.15) is 12.1 Å². The molecule has 1 N–H and O–H groups in total. The highest BCUT2D eigenvalue weighted by molar-refractivity contribution is 7.99. The number of aromatic nitrogens is 2. The monoisotopic (exact) mass is 197 g/mol. The number of carbonyl (C=O) groups is 1. The van der Waals surface area contributed by atoms with Gasteiger partial charge in [0, 0.05) is 19.2 Å². The van der Waals surface area contributed by atoms with E-state index < -0.39 is 0 Å². The number of anilines is 1. The maximum Gasteiger partial charge on any atom is 0.225 e. The van der Waals surface area contributed by atoms with Crippen LogP contribution in [0.15, 0.2) is 5.03 Å². The molecule has 0 spiro atoms. The Kier molecular flexibility index (Phi) is 2.03. The molecule has 4 nitrogen and oxygen atoms in total. The number of hydrogen-bond donors (Lipinski definition) is 1. The molecule has 0 unspecified atom stereocenters. The smallest absolute Gasteiger partial charge is 0.225 e. The second kappa shape index (κ2) is 3.06. The van der Waals surface area contributed by atoms with Crippen LogP contribution in [0.3, 0.4) is 0 Å². The first-order chi connectivity index (χ1) is 6.18. The molecule has 1 amide bonds. The van der Waals surface area contributed by atoms with Crippen LogP contribution in [-0.4, -0.2) is 21.4 Å². The second-order valence-corrected chi connectivity index (χ2v) is 4.12. The summed E-state index contributed by atoms with van der Waals surface area (Å²) >= 11 is 1.68. The lowest BCUT2D eigenvalue weighted by Crippen LogP contribution is -2.10. The van der Waals surface area contributed by atoms with Gasteiger partial charge in [0.05, 0.1) is 11.4 Å². The molecular formula is C8H11N3OS. The third kappa shape index (κ3) is 1.44. The number of fused-ring (bicyclic) bond motifs is 1. The van der Waals surface area contributed by atoms with Crippen molar-refractivity contribution in [1.82, 2.24) is 9.78 Å². The molecule has 1 aromatic heterocycles. The van der Waals surface area contributed by atoms with Crippen LogP contribution >= 0.6 is 11.8 Å². The van der Waals surface area contributed by atoms with Crippen LogP contribution in [0.5, 0.6) is 0 Å². The van der Waals surface area contributed by atoms with E-state index in [-0.39, 0.29) is 5.91 Å². The van der Waals surface area contributed by atoms with Crippen molar-refractivity contribution in [2.75, 3.05) is 11.1 Å². The molecule has 70 valence electrons. The summed E-state index contributed by atoms with van der Waals surface area (Å²) in [6.45, 7) is 1.91. The fraction of sp³-hybridized carbons (Fsp3) is 0.500. The van der Waals surface area contributed by atoms with Crippen molar-refractivity contribution >= 4 is 23.4 Å². The lowest BCUT2D eigenvalue weighted by Gasteiger charge is -1.99. The van der Waals surface area contributed by atoms with Crippen LogP contribution in [-0.2, 0) is 11.8 Å². The molecule has 0 fully saturated rings. The standard InChI is InChI=1S/C8H11N3OS/c1-5-7-8(11(2)10-5)13-4-3-6(12)9-7/h3-4H2,1-2H3,(H,9,12). The molecule has 0 saturated carbocycles. The van der Waals surface area contributed by atoms with Gasteiger partial charge in [0.2, 0.25) is 5.91 Å². The molecule has 1 aliphatic rings. The van der Waals surface area contributed by atoms with Crippen molar-refractivity contribution in [2.45, 2.75) is 18.4 Å². The van der Waals surface area contributed by atoms with E-state index in [0.717, 1.165) is 22.2 Å². The molecule has 2 rings (SSSR count). The Morgan fingerprint density at radius 2 is 2.38 bits per heavy atom. The normalized spacial score (nSPS) is 16.3. The van der Waals surface area contributed by atoms with Gasteiger partial charge in [0.1, 0.15) is 5.03 Å². The van der Waals surface area contributed by atoms with Crippen LogP contribution in [0.25, 0.3) is 0 Å². The van der Waals surface area contributed by atoms with Crippen molar-refractivity contribution in [3.63, 3.8) is 0 Å². The first-order valence-corrected chi connectivity index (χ1v) is 5.13. The predicted octanol–water partition coefficient (Wildman–Crippen LogP) is 1.16. The highest BCUT2D eigenvalue weighted by Crippen LogP contribution is 2.32. The molecule has 5 heteroatoms. The van der Waals surface area contributed by atoms with Crippen LogP contribution in [0.4, 0.5) is 5.69 Å².